The van der Waals surface area contributed by atoms with Gasteiger partial charge in [0.15, 0.2) is 0 Å². The molecule has 0 aromatic heterocycles. The van der Waals surface area contributed by atoms with E-state index in [0.717, 1.165) is 72.2 Å². The van der Waals surface area contributed by atoms with Crippen molar-refractivity contribution < 1.29 is 13.3 Å². The van der Waals surface area contributed by atoms with Gasteiger partial charge in [0.05, 0.1) is 0 Å². The number of benzene rings is 1. The Hall–Kier alpha value is -1.72. The fraction of sp³-hybridized carbons (Fsp3) is 0.400. The van der Waals surface area contributed by atoms with Crippen molar-refractivity contribution in [2.24, 2.45) is 15.0 Å². The van der Waals surface area contributed by atoms with Gasteiger partial charge in [0.1, 0.15) is 0 Å². The van der Waals surface area contributed by atoms with E-state index in [4.69, 9.17) is 13.3 Å². The van der Waals surface area contributed by atoms with E-state index in [9.17, 15) is 0 Å². The van der Waals surface area contributed by atoms with E-state index in [-0.39, 0.29) is 0 Å². The lowest BCUT2D eigenvalue weighted by Crippen LogP contribution is -2.22. The highest BCUT2D eigenvalue weighted by Gasteiger charge is 2.19. The molecule has 0 saturated heterocycles. The van der Waals surface area contributed by atoms with Gasteiger partial charge in [-0.3, -0.25) is 15.0 Å². The van der Waals surface area contributed by atoms with E-state index in [1.165, 1.54) is 0 Å². The lowest BCUT2D eigenvalue weighted by molar-refractivity contribution is 0.565. The highest BCUT2D eigenvalue weighted by Crippen LogP contribution is 2.19. The summed E-state index contributed by atoms with van der Waals surface area (Å²) >= 11 is 0. The van der Waals surface area contributed by atoms with Crippen molar-refractivity contribution in [2.75, 3.05) is 19.6 Å². The van der Waals surface area contributed by atoms with Gasteiger partial charge in [-0.15, -0.1) is 0 Å². The van der Waals surface area contributed by atoms with Crippen molar-refractivity contribution in [2.45, 2.75) is 18.1 Å². The van der Waals surface area contributed by atoms with Crippen LogP contribution in [0.3, 0.4) is 0 Å². The molecule has 0 spiro atoms. The predicted octanol–water partition coefficient (Wildman–Crippen LogP) is -0.477. The molecule has 6 nitrogen and oxygen atoms in total. The Morgan fingerprint density at radius 3 is 1.17 bits per heavy atom. The van der Waals surface area contributed by atoms with Gasteiger partial charge in [0, 0.05) is 36.3 Å². The van der Waals surface area contributed by atoms with E-state index in [0.29, 0.717) is 0 Å². The molecule has 0 amide bonds. The molecule has 4 rings (SSSR count). The molecule has 3 aliphatic heterocycles. The average molecular weight is 376 g/mol. The maximum atomic E-state index is 5.89. The summed E-state index contributed by atoms with van der Waals surface area (Å²) in [7, 11) is -1.48. The monoisotopic (exact) mass is 375 g/mol. The van der Waals surface area contributed by atoms with E-state index >= 15 is 0 Å². The second-order valence-electron chi connectivity index (χ2n) is 5.97. The van der Waals surface area contributed by atoms with Gasteiger partial charge in [-0.05, 0) is 36.3 Å². The first-order valence-corrected chi connectivity index (χ1v) is 13.3. The molecule has 0 aliphatic carbocycles. The van der Waals surface area contributed by atoms with Gasteiger partial charge in [0.25, 0.3) is 0 Å². The Kier molecular flexibility index (Phi) is 4.90. The van der Waals surface area contributed by atoms with Gasteiger partial charge in [0.2, 0.25) is 47.0 Å². The van der Waals surface area contributed by atoms with Crippen LogP contribution in [0.2, 0.25) is 18.1 Å². The van der Waals surface area contributed by atoms with E-state index in [1.807, 2.05) is 0 Å². The number of rotatable bonds is 3. The number of hydrogen-bond donors (Lipinski definition) is 0. The maximum absolute atomic E-state index is 5.89. The van der Waals surface area contributed by atoms with E-state index in [2.05, 4.69) is 33.2 Å². The summed E-state index contributed by atoms with van der Waals surface area (Å²) in [5, 5.41) is 0. The third-order valence-electron chi connectivity index (χ3n) is 4.06. The molecule has 0 atom stereocenters. The van der Waals surface area contributed by atoms with Crippen LogP contribution in [0.25, 0.3) is 0 Å². The van der Waals surface area contributed by atoms with E-state index < -0.39 is 29.3 Å². The Morgan fingerprint density at radius 1 is 0.583 bits per heavy atom. The first-order valence-electron chi connectivity index (χ1n) is 8.58. The zero-order valence-electron chi connectivity index (χ0n) is 13.7. The van der Waals surface area contributed by atoms with Crippen LogP contribution in [-0.4, -0.2) is 66.6 Å². The Bertz CT molecular complexity index is 614. The van der Waals surface area contributed by atoms with Crippen LogP contribution in [0.1, 0.15) is 16.7 Å². The minimum atomic E-state index is -0.493. The van der Waals surface area contributed by atoms with Gasteiger partial charge >= 0.3 is 0 Å². The molecule has 0 radical (unpaired) electrons. The number of aliphatic imine (C=N–C) groups is 3. The zero-order chi connectivity index (χ0) is 16.2. The standard InChI is InChI=1S/C15H21N3O3Si3/c1-4-22-19-13(16-1)10-7-11(14-17-2-5-23-20-14)9-12(8-10)15-18-3-6-24-21-15/h7-9H,1-6,22-24H2. The molecule has 9 heteroatoms. The first-order chi connectivity index (χ1) is 11.9. The lowest BCUT2D eigenvalue weighted by Gasteiger charge is -2.20. The van der Waals surface area contributed by atoms with Crippen LogP contribution in [0.5, 0.6) is 0 Å². The zero-order valence-corrected chi connectivity index (χ0v) is 17.9. The normalized spacial score (nSPS) is 23.8. The maximum Gasteiger partial charge on any atom is 0.223 e. The van der Waals surface area contributed by atoms with Gasteiger partial charge in [-0.2, -0.15) is 0 Å². The third-order valence-corrected chi connectivity index (χ3v) is 7.31. The minimum Gasteiger partial charge on any atom is -0.536 e. The molecular formula is C15H21N3O3Si3. The quantitative estimate of drug-likeness (QED) is 0.671. The van der Waals surface area contributed by atoms with Crippen LogP contribution in [0, 0.1) is 0 Å². The van der Waals surface area contributed by atoms with Crippen molar-refractivity contribution in [3.63, 3.8) is 0 Å². The summed E-state index contributed by atoms with van der Waals surface area (Å²) in [6.07, 6.45) is 0. The third kappa shape index (κ3) is 3.52. The SMILES string of the molecule is c1c(C2=NCC[SiH2]O2)cc(C2=NCC[SiH2]O2)cc1C1=NCC[SiH2]O1. The lowest BCUT2D eigenvalue weighted by atomic mass is 10.0. The predicted molar refractivity (Wildman–Crippen MR) is 104 cm³/mol. The molecule has 3 heterocycles. The average Bonchev–Trinajstić information content (AvgIpc) is 2.70. The van der Waals surface area contributed by atoms with Crippen molar-refractivity contribution in [1.82, 2.24) is 0 Å². The highest BCUT2D eigenvalue weighted by molar-refractivity contribution is 6.34. The summed E-state index contributed by atoms with van der Waals surface area (Å²) in [6, 6.07) is 9.58. The summed E-state index contributed by atoms with van der Waals surface area (Å²) in [4.78, 5) is 13.7. The van der Waals surface area contributed by atoms with Gasteiger partial charge < -0.3 is 13.3 Å². The second-order valence-corrected chi connectivity index (χ2v) is 10.2. The molecule has 3 aliphatic rings. The second kappa shape index (κ2) is 7.45. The molecular weight excluding hydrogens is 354 g/mol. The van der Waals surface area contributed by atoms with Crippen LogP contribution < -0.4 is 0 Å². The van der Waals surface area contributed by atoms with Gasteiger partial charge in [-0.25, -0.2) is 0 Å². The molecule has 24 heavy (non-hydrogen) atoms. The summed E-state index contributed by atoms with van der Waals surface area (Å²) in [5.74, 6) is 2.29. The largest absolute Gasteiger partial charge is 0.536 e. The van der Waals surface area contributed by atoms with Crippen LogP contribution in [-0.2, 0) is 13.3 Å². The fourth-order valence-electron chi connectivity index (χ4n) is 2.90. The highest BCUT2D eigenvalue weighted by atomic mass is 28.2. The molecule has 0 unspecified atom stereocenters. The van der Waals surface area contributed by atoms with Crippen molar-refractivity contribution in [1.29, 1.82) is 0 Å². The van der Waals surface area contributed by atoms with Gasteiger partial charge in [-0.1, -0.05) is 0 Å². The van der Waals surface area contributed by atoms with E-state index in [1.54, 1.807) is 0 Å². The smallest absolute Gasteiger partial charge is 0.223 e. The topological polar surface area (TPSA) is 64.8 Å². The number of nitrogens with zero attached hydrogens (tertiary/aromatic N) is 3. The Balaban J connectivity index is 1.76. The Morgan fingerprint density at radius 2 is 0.917 bits per heavy atom. The van der Waals surface area contributed by atoms with Crippen LogP contribution >= 0.6 is 0 Å². The molecule has 0 N–H and O–H groups in total. The molecule has 1 aromatic carbocycles. The van der Waals surface area contributed by atoms with Crippen LogP contribution in [0.4, 0.5) is 0 Å². The molecule has 0 fully saturated rings. The number of hydrogen-bond acceptors (Lipinski definition) is 6. The fourth-order valence-corrected chi connectivity index (χ4v) is 5.55. The molecule has 126 valence electrons. The van der Waals surface area contributed by atoms with Crippen molar-refractivity contribution >= 4 is 47.0 Å². The van der Waals surface area contributed by atoms with Crippen molar-refractivity contribution in [3.05, 3.63) is 34.9 Å². The Labute approximate surface area is 148 Å². The molecule has 0 bridgehead atoms. The first kappa shape index (κ1) is 15.8. The minimum absolute atomic E-state index is 0.493. The van der Waals surface area contributed by atoms with Crippen molar-refractivity contribution in [3.8, 4) is 0 Å². The summed E-state index contributed by atoms with van der Waals surface area (Å²) in [5.41, 5.74) is 2.98. The van der Waals surface area contributed by atoms with Crippen LogP contribution in [0.15, 0.2) is 33.2 Å². The summed E-state index contributed by atoms with van der Waals surface area (Å²) in [6.45, 7) is 2.61. The summed E-state index contributed by atoms with van der Waals surface area (Å²) < 4.78 is 17.7. The molecule has 1 aromatic rings. The molecule has 0 saturated carbocycles.